The second-order valence-electron chi connectivity index (χ2n) is 5.89. The van der Waals surface area contributed by atoms with E-state index in [-0.39, 0.29) is 0 Å². The summed E-state index contributed by atoms with van der Waals surface area (Å²) in [5.74, 6) is -6.60. The van der Waals surface area contributed by atoms with Gasteiger partial charge >= 0.3 is 11.9 Å². The Labute approximate surface area is 140 Å². The lowest BCUT2D eigenvalue weighted by atomic mass is 9.96. The van der Waals surface area contributed by atoms with Crippen LogP contribution < -0.4 is 0 Å². The third-order valence-electron chi connectivity index (χ3n) is 4.15. The highest BCUT2D eigenvalue weighted by Crippen LogP contribution is 2.37. The Bertz CT molecular complexity index is 420. The molecule has 13 heteroatoms. The predicted octanol–water partition coefficient (Wildman–Crippen LogP) is -6.76. The number of ether oxygens (including phenoxy) is 3. The van der Waals surface area contributed by atoms with Crippen LogP contribution in [0.4, 0.5) is 0 Å². The molecule has 2 aliphatic rings. The molecule has 0 aromatic heterocycles. The van der Waals surface area contributed by atoms with Crippen LogP contribution in [-0.4, -0.2) is 125 Å². The van der Waals surface area contributed by atoms with Gasteiger partial charge in [-0.05, 0) is 0 Å². The van der Waals surface area contributed by atoms with Crippen molar-refractivity contribution in [2.75, 3.05) is 13.2 Å². The molecular formula is C12H22O13. The lowest BCUT2D eigenvalue weighted by molar-refractivity contribution is -0.556. The Kier molecular flexibility index (Phi) is 6.02. The molecule has 0 saturated carbocycles. The first-order chi connectivity index (χ1) is 11.5. The lowest BCUT2D eigenvalue weighted by Crippen LogP contribution is -2.73. The zero-order chi connectivity index (χ0) is 19.2. The van der Waals surface area contributed by atoms with Gasteiger partial charge in [-0.3, -0.25) is 4.74 Å². The van der Waals surface area contributed by atoms with E-state index >= 15 is 0 Å². The predicted molar refractivity (Wildman–Crippen MR) is 70.9 cm³/mol. The minimum Gasteiger partial charge on any atom is -0.394 e. The molecule has 2 rings (SSSR count). The van der Waals surface area contributed by atoms with E-state index in [2.05, 4.69) is 4.74 Å². The summed E-state index contributed by atoms with van der Waals surface area (Å²) >= 11 is 0. The highest BCUT2D eigenvalue weighted by atomic mass is 16.9. The van der Waals surface area contributed by atoms with Crippen molar-refractivity contribution in [3.8, 4) is 0 Å². The van der Waals surface area contributed by atoms with Gasteiger partial charge in [0.25, 0.3) is 0 Å². The van der Waals surface area contributed by atoms with Gasteiger partial charge < -0.3 is 60.5 Å². The van der Waals surface area contributed by atoms with Crippen LogP contribution in [0.25, 0.3) is 0 Å². The fourth-order valence-electron chi connectivity index (χ4n) is 2.63. The van der Waals surface area contributed by atoms with Gasteiger partial charge in [-0.15, -0.1) is 0 Å². The zero-order valence-electron chi connectivity index (χ0n) is 12.7. The molecule has 2 unspecified atom stereocenters. The lowest BCUT2D eigenvalue weighted by Gasteiger charge is -2.50. The molecular weight excluding hydrogens is 352 g/mol. The third kappa shape index (κ3) is 3.52. The van der Waals surface area contributed by atoms with E-state index < -0.39 is 74.0 Å². The van der Waals surface area contributed by atoms with Crippen LogP contribution in [0.15, 0.2) is 0 Å². The molecule has 0 bridgehead atoms. The minimum atomic E-state index is -3.30. The Balaban J connectivity index is 2.28. The second kappa shape index (κ2) is 7.24. The van der Waals surface area contributed by atoms with E-state index in [4.69, 9.17) is 19.7 Å². The molecule has 0 radical (unpaired) electrons. The SMILES string of the molecule is OC[C@@H]1OC(O)(OC2(O)O[C@H](CO)[C@@H](O)[C@H](O)[C@H]2O)[C@@H](O)[C@H](O)[C@H]1O. The van der Waals surface area contributed by atoms with E-state index in [9.17, 15) is 40.9 Å². The monoisotopic (exact) mass is 374 g/mol. The molecule has 2 aliphatic heterocycles. The third-order valence-corrected chi connectivity index (χ3v) is 4.15. The Morgan fingerprint density at radius 1 is 0.640 bits per heavy atom. The molecule has 2 saturated heterocycles. The first-order valence-corrected chi connectivity index (χ1v) is 7.31. The van der Waals surface area contributed by atoms with Crippen LogP contribution in [0.5, 0.6) is 0 Å². The standard InChI is InChI=1S/C12H22O13/c13-1-3-5(15)7(17)9(19)11(21,23-3)25-12(22)10(20)8(18)6(16)4(2-14)24-12/h3-10,13-22H,1-2H2/t3-,4+,5-,6+,7+,8-,9-,10+,11?,12?. The molecule has 25 heavy (non-hydrogen) atoms. The first-order valence-electron chi connectivity index (χ1n) is 7.31. The molecule has 0 aromatic carbocycles. The Morgan fingerprint density at radius 3 is 1.24 bits per heavy atom. The van der Waals surface area contributed by atoms with Gasteiger partial charge in [0.05, 0.1) is 13.2 Å². The highest BCUT2D eigenvalue weighted by molar-refractivity contribution is 4.96. The van der Waals surface area contributed by atoms with Crippen molar-refractivity contribution in [1.29, 1.82) is 0 Å². The van der Waals surface area contributed by atoms with Crippen LogP contribution in [0.3, 0.4) is 0 Å². The fourth-order valence-corrected chi connectivity index (χ4v) is 2.63. The smallest absolute Gasteiger partial charge is 0.315 e. The molecule has 0 aromatic rings. The van der Waals surface area contributed by atoms with Gasteiger partial charge in [-0.1, -0.05) is 0 Å². The van der Waals surface area contributed by atoms with Gasteiger partial charge in [-0.25, -0.2) is 0 Å². The van der Waals surface area contributed by atoms with Gasteiger partial charge in [0.2, 0.25) is 0 Å². The second-order valence-corrected chi connectivity index (χ2v) is 5.89. The van der Waals surface area contributed by atoms with Gasteiger partial charge in [0.15, 0.2) is 12.2 Å². The van der Waals surface area contributed by atoms with Gasteiger partial charge in [-0.2, -0.15) is 0 Å². The van der Waals surface area contributed by atoms with Gasteiger partial charge in [0.1, 0.15) is 36.6 Å². The molecule has 13 nitrogen and oxygen atoms in total. The fraction of sp³-hybridized carbons (Fsp3) is 1.00. The quantitative estimate of drug-likeness (QED) is 0.206. The summed E-state index contributed by atoms with van der Waals surface area (Å²) in [5, 5.41) is 97.0. The van der Waals surface area contributed by atoms with Crippen LogP contribution in [0.1, 0.15) is 0 Å². The summed E-state index contributed by atoms with van der Waals surface area (Å²) in [6.45, 7) is -1.86. The van der Waals surface area contributed by atoms with Crippen molar-refractivity contribution in [3.63, 3.8) is 0 Å². The summed E-state index contributed by atoms with van der Waals surface area (Å²) in [5.41, 5.74) is 0. The van der Waals surface area contributed by atoms with Gasteiger partial charge in [0, 0.05) is 0 Å². The molecule has 0 aliphatic carbocycles. The summed E-state index contributed by atoms with van der Waals surface area (Å²) in [7, 11) is 0. The molecule has 10 atom stereocenters. The normalized spacial score (nSPS) is 54.5. The molecule has 148 valence electrons. The van der Waals surface area contributed by atoms with E-state index in [0.717, 1.165) is 0 Å². The van der Waals surface area contributed by atoms with Crippen molar-refractivity contribution >= 4 is 0 Å². The largest absolute Gasteiger partial charge is 0.394 e. The maximum atomic E-state index is 10.2. The van der Waals surface area contributed by atoms with E-state index in [1.54, 1.807) is 0 Å². The van der Waals surface area contributed by atoms with E-state index in [1.165, 1.54) is 0 Å². The number of rotatable bonds is 4. The molecule has 0 amide bonds. The summed E-state index contributed by atoms with van der Waals surface area (Å²) in [6, 6.07) is 0. The first kappa shape index (κ1) is 20.8. The van der Waals surface area contributed by atoms with Crippen molar-refractivity contribution in [1.82, 2.24) is 0 Å². The topological polar surface area (TPSA) is 230 Å². The molecule has 2 fully saturated rings. The molecule has 2 heterocycles. The number of aliphatic hydroxyl groups is 10. The minimum absolute atomic E-state index is 0.931. The van der Waals surface area contributed by atoms with Crippen LogP contribution in [0.2, 0.25) is 0 Å². The average Bonchev–Trinajstić information content (AvgIpc) is 2.58. The maximum absolute atomic E-state index is 10.2. The summed E-state index contributed by atoms with van der Waals surface area (Å²) in [4.78, 5) is 0. The Hall–Kier alpha value is -0.520. The Morgan fingerprint density at radius 2 is 0.960 bits per heavy atom. The van der Waals surface area contributed by atoms with Crippen LogP contribution in [0, 0.1) is 0 Å². The van der Waals surface area contributed by atoms with Crippen molar-refractivity contribution in [2.45, 2.75) is 60.8 Å². The van der Waals surface area contributed by atoms with E-state index in [1.807, 2.05) is 0 Å². The summed E-state index contributed by atoms with van der Waals surface area (Å²) in [6.07, 6.45) is -16.0. The van der Waals surface area contributed by atoms with Crippen molar-refractivity contribution in [2.24, 2.45) is 0 Å². The van der Waals surface area contributed by atoms with Crippen LogP contribution in [-0.2, 0) is 14.2 Å². The number of aliphatic hydroxyl groups excluding tert-OH is 8. The highest BCUT2D eigenvalue weighted by Gasteiger charge is 2.62. The van der Waals surface area contributed by atoms with Crippen molar-refractivity contribution < 1.29 is 65.3 Å². The zero-order valence-corrected chi connectivity index (χ0v) is 12.7. The summed E-state index contributed by atoms with van der Waals surface area (Å²) < 4.78 is 14.1. The van der Waals surface area contributed by atoms with Crippen molar-refractivity contribution in [3.05, 3.63) is 0 Å². The van der Waals surface area contributed by atoms with E-state index in [0.29, 0.717) is 0 Å². The number of hydrogen-bond acceptors (Lipinski definition) is 13. The van der Waals surface area contributed by atoms with Crippen LogP contribution >= 0.6 is 0 Å². The number of hydrogen-bond donors (Lipinski definition) is 10. The molecule has 0 spiro atoms. The average molecular weight is 374 g/mol. The molecule has 10 N–H and O–H groups in total. The maximum Gasteiger partial charge on any atom is 0.315 e.